The molecule has 54 heavy (non-hydrogen) atoms. The van der Waals surface area contributed by atoms with Crippen LogP contribution in [0.15, 0.2) is 180 Å². The average Bonchev–Trinajstić information content (AvgIpc) is 3.80. The fourth-order valence-corrected chi connectivity index (χ4v) is 7.35. The molecule has 0 radical (unpaired) electrons. The zero-order valence-corrected chi connectivity index (χ0v) is 31.0. The van der Waals surface area contributed by atoms with Gasteiger partial charge in [0.2, 0.25) is 0 Å². The Kier molecular flexibility index (Phi) is 8.49. The molecule has 5 nitrogen and oxygen atoms in total. The monoisotopic (exact) mass is 875 g/mol. The summed E-state index contributed by atoms with van der Waals surface area (Å²) >= 11 is 0. The molecule has 3 heterocycles. The first-order valence-electron chi connectivity index (χ1n) is 17.5. The molecule has 1 N–H and O–H groups in total. The molecule has 0 amide bonds. The smallest absolute Gasteiger partial charge is 0.148 e. The Morgan fingerprint density at radius 2 is 1.24 bits per heavy atom. The van der Waals surface area contributed by atoms with Gasteiger partial charge in [-0.05, 0) is 75.5 Å². The van der Waals surface area contributed by atoms with Gasteiger partial charge in [0, 0.05) is 38.6 Å². The van der Waals surface area contributed by atoms with Crippen LogP contribution in [0.5, 0.6) is 5.75 Å². The molecular weight excluding hydrogens is 846 g/mol. The molecule has 0 aliphatic carbocycles. The van der Waals surface area contributed by atoms with Gasteiger partial charge in [0.25, 0.3) is 0 Å². The van der Waals surface area contributed by atoms with E-state index in [-0.39, 0.29) is 26.8 Å². The van der Waals surface area contributed by atoms with E-state index in [1.807, 2.05) is 79.0 Å². The number of aromatic hydroxyl groups is 1. The number of para-hydroxylation sites is 4. The molecule has 7 aromatic carbocycles. The number of phenols is 1. The quantitative estimate of drug-likeness (QED) is 0.169. The Labute approximate surface area is 326 Å². The maximum absolute atomic E-state index is 11.0. The molecule has 0 spiro atoms. The second-order valence-electron chi connectivity index (χ2n) is 13.1. The standard InChI is InChI=1S/C48H30N3O2.Pt/c52-43-20-9-7-16-38(43)48-50-47-37(18-11-19-42(47)51(48)36-14-5-2-6-15-36)40-28-35(30-45-46(40)39-17-8-10-21-44(39)53-45)41-29-34(26-27-49-41)33-24-22-32(23-25-33)31-12-3-1-4-13-31;/h1-27,29-30,52H;/q-1;. The predicted octanol–water partition coefficient (Wildman–Crippen LogP) is 12.2. The zero-order chi connectivity index (χ0) is 35.3. The Balaban J connectivity index is 0.00000384. The Hall–Kier alpha value is -6.55. The Morgan fingerprint density at radius 3 is 2.04 bits per heavy atom. The summed E-state index contributed by atoms with van der Waals surface area (Å²) in [6.45, 7) is 0. The van der Waals surface area contributed by atoms with Crippen molar-refractivity contribution in [3.63, 3.8) is 0 Å². The largest absolute Gasteiger partial charge is 0.507 e. The Bertz CT molecular complexity index is 2950. The minimum atomic E-state index is 0. The van der Waals surface area contributed by atoms with Crippen molar-refractivity contribution in [3.05, 3.63) is 182 Å². The molecule has 6 heteroatoms. The van der Waals surface area contributed by atoms with Gasteiger partial charge >= 0.3 is 0 Å². The van der Waals surface area contributed by atoms with Crippen LogP contribution in [0.2, 0.25) is 0 Å². The minimum Gasteiger partial charge on any atom is -0.507 e. The van der Waals surface area contributed by atoms with Crippen molar-refractivity contribution in [1.82, 2.24) is 14.5 Å². The molecule has 0 aliphatic heterocycles. The molecule has 0 saturated carbocycles. The van der Waals surface area contributed by atoms with Crippen LogP contribution in [-0.4, -0.2) is 19.6 Å². The van der Waals surface area contributed by atoms with Crippen molar-refractivity contribution in [2.45, 2.75) is 0 Å². The summed E-state index contributed by atoms with van der Waals surface area (Å²) in [5.41, 5.74) is 12.7. The fourth-order valence-electron chi connectivity index (χ4n) is 7.35. The second kappa shape index (κ2) is 13.8. The van der Waals surface area contributed by atoms with E-state index in [0.29, 0.717) is 11.4 Å². The zero-order valence-electron chi connectivity index (χ0n) is 28.8. The van der Waals surface area contributed by atoms with Gasteiger partial charge in [0.1, 0.15) is 17.2 Å². The van der Waals surface area contributed by atoms with Gasteiger partial charge in [-0.25, -0.2) is 4.98 Å². The Morgan fingerprint density at radius 1 is 0.574 bits per heavy atom. The van der Waals surface area contributed by atoms with Crippen LogP contribution in [0.4, 0.5) is 0 Å². The van der Waals surface area contributed by atoms with E-state index in [1.54, 1.807) is 6.07 Å². The topological polar surface area (TPSA) is 64.1 Å². The molecule has 260 valence electrons. The number of nitrogens with zero attached hydrogens (tertiary/aromatic N) is 3. The first-order valence-corrected chi connectivity index (χ1v) is 17.5. The van der Waals surface area contributed by atoms with Crippen LogP contribution < -0.4 is 0 Å². The van der Waals surface area contributed by atoms with Gasteiger partial charge in [0.05, 0.1) is 22.2 Å². The maximum Gasteiger partial charge on any atom is 0.148 e. The summed E-state index contributed by atoms with van der Waals surface area (Å²) in [4.78, 5) is 10.1. The number of phenolic OH excluding ortho intramolecular Hbond substituents is 1. The summed E-state index contributed by atoms with van der Waals surface area (Å²) < 4.78 is 8.64. The summed E-state index contributed by atoms with van der Waals surface area (Å²) in [5, 5.41) is 13.0. The van der Waals surface area contributed by atoms with Gasteiger partial charge in [-0.15, -0.1) is 11.6 Å². The van der Waals surface area contributed by atoms with Crippen LogP contribution >= 0.6 is 0 Å². The van der Waals surface area contributed by atoms with Crippen LogP contribution in [0, 0.1) is 6.07 Å². The minimum absolute atomic E-state index is 0. The van der Waals surface area contributed by atoms with E-state index < -0.39 is 0 Å². The number of pyridine rings is 1. The number of hydrogen-bond donors (Lipinski definition) is 1. The molecule has 10 aromatic rings. The average molecular weight is 876 g/mol. The van der Waals surface area contributed by atoms with Crippen LogP contribution in [0.25, 0.3) is 94.7 Å². The van der Waals surface area contributed by atoms with Crippen LogP contribution in [0.1, 0.15) is 0 Å². The van der Waals surface area contributed by atoms with Crippen molar-refractivity contribution in [3.8, 4) is 67.5 Å². The number of rotatable bonds is 6. The number of furan rings is 1. The maximum atomic E-state index is 11.0. The summed E-state index contributed by atoms with van der Waals surface area (Å²) in [7, 11) is 0. The van der Waals surface area contributed by atoms with Gasteiger partial charge in [-0.1, -0.05) is 139 Å². The predicted molar refractivity (Wildman–Crippen MR) is 214 cm³/mol. The van der Waals surface area contributed by atoms with E-state index in [1.165, 1.54) is 11.1 Å². The third-order valence-corrected chi connectivity index (χ3v) is 9.88. The van der Waals surface area contributed by atoms with E-state index in [4.69, 9.17) is 14.4 Å². The van der Waals surface area contributed by atoms with Crippen molar-refractivity contribution >= 4 is 33.0 Å². The molecule has 0 aliphatic rings. The van der Waals surface area contributed by atoms with Crippen molar-refractivity contribution in [2.24, 2.45) is 0 Å². The fraction of sp³-hybridized carbons (Fsp3) is 0. The van der Waals surface area contributed by atoms with Crippen LogP contribution in [0.3, 0.4) is 0 Å². The number of aromatic nitrogens is 3. The molecule has 0 atom stereocenters. The van der Waals surface area contributed by atoms with E-state index in [2.05, 4.69) is 102 Å². The summed E-state index contributed by atoms with van der Waals surface area (Å²) in [6, 6.07) is 60.8. The third kappa shape index (κ3) is 5.71. The number of imidazole rings is 1. The molecule has 10 rings (SSSR count). The normalized spacial score (nSPS) is 11.3. The van der Waals surface area contributed by atoms with E-state index in [9.17, 15) is 5.11 Å². The van der Waals surface area contributed by atoms with Crippen molar-refractivity contribution in [1.29, 1.82) is 0 Å². The SMILES string of the molecule is Oc1ccccc1-c1nc2c(-c3[c-]c(-c4cc(-c5ccc(-c6ccccc6)cc5)ccn4)cc4oc5ccccc5c34)cccc2n1-c1ccccc1.[Pt]. The molecule has 0 saturated heterocycles. The van der Waals surface area contributed by atoms with E-state index >= 15 is 0 Å². The van der Waals surface area contributed by atoms with E-state index in [0.717, 1.165) is 72.2 Å². The summed E-state index contributed by atoms with van der Waals surface area (Å²) in [5.74, 6) is 0.813. The van der Waals surface area contributed by atoms with Crippen LogP contribution in [-0.2, 0) is 21.1 Å². The third-order valence-electron chi connectivity index (χ3n) is 9.88. The van der Waals surface area contributed by atoms with Crippen molar-refractivity contribution < 1.29 is 30.6 Å². The number of benzene rings is 7. The molecular formula is C48H30N3O2Pt-. The second-order valence-corrected chi connectivity index (χ2v) is 13.1. The van der Waals surface area contributed by atoms with Gasteiger partial charge < -0.3 is 9.52 Å². The first-order chi connectivity index (χ1) is 26.2. The number of fused-ring (bicyclic) bond motifs is 4. The molecule has 3 aromatic heterocycles. The van der Waals surface area contributed by atoms with Gasteiger partial charge in [-0.3, -0.25) is 9.55 Å². The van der Waals surface area contributed by atoms with Gasteiger partial charge in [-0.2, -0.15) is 0 Å². The molecule has 0 unspecified atom stereocenters. The first kappa shape index (κ1) is 33.3. The summed E-state index contributed by atoms with van der Waals surface area (Å²) in [6.07, 6.45) is 1.85. The molecule has 0 fully saturated rings. The van der Waals surface area contributed by atoms with Gasteiger partial charge in [0.15, 0.2) is 0 Å². The molecule has 0 bridgehead atoms. The number of hydrogen-bond acceptors (Lipinski definition) is 4. The van der Waals surface area contributed by atoms with Crippen molar-refractivity contribution in [2.75, 3.05) is 0 Å².